The Morgan fingerprint density at radius 1 is 1.10 bits per heavy atom. The third-order valence-electron chi connectivity index (χ3n) is 8.18. The maximum absolute atomic E-state index is 14.8. The molecule has 2 atom stereocenters. The molecule has 2 fully saturated rings. The zero-order valence-electron chi connectivity index (χ0n) is 21.2. The lowest BCUT2D eigenvalue weighted by Crippen LogP contribution is -2.60. The Labute approximate surface area is 222 Å². The molecular formula is C28H28F4N4O3. The minimum atomic E-state index is -5.05. The second-order valence-corrected chi connectivity index (χ2v) is 10.2. The van der Waals surface area contributed by atoms with E-state index in [2.05, 4.69) is 15.5 Å². The molecule has 0 unspecified atom stereocenters. The summed E-state index contributed by atoms with van der Waals surface area (Å²) in [6.45, 7) is 0.378. The number of halogens is 4. The Balaban J connectivity index is 1.45. The van der Waals surface area contributed by atoms with Crippen LogP contribution in [0, 0.1) is 11.2 Å². The molecule has 2 N–H and O–H groups in total. The number of aromatic amines is 1. The van der Waals surface area contributed by atoms with Gasteiger partial charge in [-0.1, -0.05) is 30.3 Å². The van der Waals surface area contributed by atoms with E-state index < -0.39 is 23.1 Å². The highest BCUT2D eigenvalue weighted by Crippen LogP contribution is 2.50. The number of nitrogens with one attached hydrogen (secondary N) is 2. The van der Waals surface area contributed by atoms with E-state index in [1.807, 2.05) is 0 Å². The van der Waals surface area contributed by atoms with E-state index in [4.69, 9.17) is 4.74 Å². The van der Waals surface area contributed by atoms with Crippen molar-refractivity contribution in [2.75, 3.05) is 26.7 Å². The van der Waals surface area contributed by atoms with Gasteiger partial charge in [-0.3, -0.25) is 14.7 Å². The second kappa shape index (κ2) is 10.1. The molecule has 206 valence electrons. The van der Waals surface area contributed by atoms with Crippen molar-refractivity contribution in [3.63, 3.8) is 0 Å². The molecule has 3 heterocycles. The monoisotopic (exact) mass is 544 g/mol. The van der Waals surface area contributed by atoms with E-state index >= 15 is 0 Å². The van der Waals surface area contributed by atoms with Crippen LogP contribution in [0.4, 0.5) is 17.6 Å². The molecule has 3 aromatic rings. The number of ether oxygens (including phenoxy) is 1. The van der Waals surface area contributed by atoms with Gasteiger partial charge in [-0.25, -0.2) is 4.39 Å². The van der Waals surface area contributed by atoms with Crippen LogP contribution in [-0.2, 0) is 19.9 Å². The van der Waals surface area contributed by atoms with E-state index in [-0.39, 0.29) is 42.7 Å². The van der Waals surface area contributed by atoms with Crippen molar-refractivity contribution in [3.8, 4) is 11.1 Å². The molecule has 1 spiro atoms. The van der Waals surface area contributed by atoms with Crippen molar-refractivity contribution in [1.29, 1.82) is 0 Å². The van der Waals surface area contributed by atoms with Gasteiger partial charge in [0, 0.05) is 56.4 Å². The Hall–Kier alpha value is -3.73. The number of rotatable bonds is 5. The molecular weight excluding hydrogens is 516 g/mol. The normalized spacial score (nSPS) is 20.9. The summed E-state index contributed by atoms with van der Waals surface area (Å²) in [7, 11) is 0.886. The van der Waals surface area contributed by atoms with Gasteiger partial charge in [-0.15, -0.1) is 0 Å². The summed E-state index contributed by atoms with van der Waals surface area (Å²) in [5.41, 5.74) is -2.24. The van der Waals surface area contributed by atoms with Gasteiger partial charge in [0.1, 0.15) is 5.82 Å². The molecule has 11 heteroatoms. The van der Waals surface area contributed by atoms with E-state index in [1.165, 1.54) is 41.4 Å². The molecule has 0 bridgehead atoms. The molecule has 1 aromatic heterocycles. The first-order valence-corrected chi connectivity index (χ1v) is 12.6. The summed E-state index contributed by atoms with van der Waals surface area (Å²) in [6, 6.07) is 11.7. The number of carbonyl (C=O) groups is 2. The fourth-order valence-corrected chi connectivity index (χ4v) is 6.06. The largest absolute Gasteiger partial charge is 0.430 e. The number of hydrogen-bond acceptors (Lipinski definition) is 4. The third-order valence-corrected chi connectivity index (χ3v) is 8.18. The van der Waals surface area contributed by atoms with Gasteiger partial charge < -0.3 is 15.0 Å². The van der Waals surface area contributed by atoms with Crippen molar-refractivity contribution in [2.45, 2.75) is 37.0 Å². The van der Waals surface area contributed by atoms with Crippen LogP contribution in [-0.4, -0.2) is 59.8 Å². The number of amides is 2. The smallest absolute Gasteiger partial charge is 0.356 e. The fourth-order valence-electron chi connectivity index (χ4n) is 6.06. The predicted molar refractivity (Wildman–Crippen MR) is 134 cm³/mol. The zero-order chi connectivity index (χ0) is 27.8. The molecule has 2 aliphatic heterocycles. The average molecular weight is 545 g/mol. The molecule has 39 heavy (non-hydrogen) atoms. The minimum absolute atomic E-state index is 0.0203. The highest BCUT2D eigenvalue weighted by Gasteiger charge is 2.64. The number of aromatic nitrogens is 2. The second-order valence-electron chi connectivity index (χ2n) is 10.2. The number of piperidine rings is 2. The van der Waals surface area contributed by atoms with Gasteiger partial charge in [0.15, 0.2) is 0 Å². The van der Waals surface area contributed by atoms with Crippen LogP contribution in [0.15, 0.2) is 60.9 Å². The van der Waals surface area contributed by atoms with Crippen molar-refractivity contribution in [1.82, 2.24) is 20.4 Å². The quantitative estimate of drug-likeness (QED) is 0.462. The summed E-state index contributed by atoms with van der Waals surface area (Å²) in [6.07, 6.45) is -1.21. The molecule has 2 aromatic carbocycles. The summed E-state index contributed by atoms with van der Waals surface area (Å²) in [5.74, 6) is -1.89. The number of carbonyl (C=O) groups excluding carboxylic acids is 2. The number of methoxy groups -OCH3 is 1. The summed E-state index contributed by atoms with van der Waals surface area (Å²) < 4.78 is 63.0. The van der Waals surface area contributed by atoms with Gasteiger partial charge >= 0.3 is 6.18 Å². The summed E-state index contributed by atoms with van der Waals surface area (Å²) in [5, 5.41) is 9.33. The van der Waals surface area contributed by atoms with Crippen LogP contribution in [0.3, 0.4) is 0 Å². The Morgan fingerprint density at radius 3 is 2.44 bits per heavy atom. The topological polar surface area (TPSA) is 87.3 Å². The first-order valence-electron chi connectivity index (χ1n) is 12.6. The average Bonchev–Trinajstić information content (AvgIpc) is 3.45. The lowest BCUT2D eigenvalue weighted by molar-refractivity contribution is -0.271. The van der Waals surface area contributed by atoms with E-state index in [9.17, 15) is 27.2 Å². The van der Waals surface area contributed by atoms with Crippen molar-refractivity contribution in [2.24, 2.45) is 5.41 Å². The number of likely N-dealkylation sites (tertiary alicyclic amines) is 1. The van der Waals surface area contributed by atoms with E-state index in [1.54, 1.807) is 24.4 Å². The summed E-state index contributed by atoms with van der Waals surface area (Å²) >= 11 is 0. The van der Waals surface area contributed by atoms with Gasteiger partial charge in [0.05, 0.1) is 6.20 Å². The molecule has 2 amide bonds. The van der Waals surface area contributed by atoms with Crippen LogP contribution in [0.25, 0.3) is 11.1 Å². The van der Waals surface area contributed by atoms with E-state index in [0.717, 1.165) is 12.7 Å². The van der Waals surface area contributed by atoms with Gasteiger partial charge in [-0.05, 0) is 47.6 Å². The molecule has 7 nitrogen and oxygen atoms in total. The number of H-pyrrole nitrogens is 1. The third kappa shape index (κ3) is 4.69. The van der Waals surface area contributed by atoms with Crippen LogP contribution < -0.4 is 5.32 Å². The molecule has 0 saturated carbocycles. The predicted octanol–water partition coefficient (Wildman–Crippen LogP) is 4.53. The molecule has 2 saturated heterocycles. The first kappa shape index (κ1) is 26.9. The van der Waals surface area contributed by atoms with Crippen molar-refractivity contribution >= 4 is 11.8 Å². The molecule has 5 rings (SSSR count). The van der Waals surface area contributed by atoms with Crippen LogP contribution in [0.1, 0.15) is 36.3 Å². The van der Waals surface area contributed by atoms with Gasteiger partial charge in [0.2, 0.25) is 5.91 Å². The van der Waals surface area contributed by atoms with Gasteiger partial charge in [-0.2, -0.15) is 18.3 Å². The number of nitrogens with zero attached hydrogens (tertiary/aromatic N) is 2. The molecule has 2 aliphatic rings. The number of alkyl halides is 3. The fraction of sp³-hybridized carbons (Fsp3) is 0.393. The Bertz CT molecular complexity index is 1340. The lowest BCUT2D eigenvalue weighted by atomic mass is 9.62. The number of hydrogen-bond donors (Lipinski definition) is 2. The van der Waals surface area contributed by atoms with Crippen LogP contribution in [0.5, 0.6) is 0 Å². The Morgan fingerprint density at radius 2 is 1.82 bits per heavy atom. The SMILES string of the molecule is CO[C@@](C(=O)N1CCC2(CC1)CC(=O)NC[C@H]2c1ccc(F)cc1)(c1cccc(-c2cn[nH]c2)c1)C(F)(F)F. The summed E-state index contributed by atoms with van der Waals surface area (Å²) in [4.78, 5) is 27.4. The highest BCUT2D eigenvalue weighted by atomic mass is 19.4. The van der Waals surface area contributed by atoms with Crippen molar-refractivity contribution < 1.29 is 31.9 Å². The molecule has 0 aliphatic carbocycles. The van der Waals surface area contributed by atoms with Crippen molar-refractivity contribution in [3.05, 3.63) is 77.9 Å². The van der Waals surface area contributed by atoms with Crippen LogP contribution in [0.2, 0.25) is 0 Å². The van der Waals surface area contributed by atoms with E-state index in [0.29, 0.717) is 30.5 Å². The lowest BCUT2D eigenvalue weighted by Gasteiger charge is -2.50. The van der Waals surface area contributed by atoms with Crippen LogP contribution >= 0.6 is 0 Å². The maximum atomic E-state index is 14.8. The minimum Gasteiger partial charge on any atom is -0.356 e. The number of benzene rings is 2. The zero-order valence-corrected chi connectivity index (χ0v) is 21.2. The Kier molecular flexibility index (Phi) is 6.96. The maximum Gasteiger partial charge on any atom is 0.430 e. The first-order chi connectivity index (χ1) is 18.6. The standard InChI is InChI=1S/C28H28F4N4O3/c1-39-27(28(30,31)32,21-4-2-3-19(13-21)20-15-34-35-16-20)25(38)36-11-9-26(10-12-36)14-24(37)33-17-23(26)18-5-7-22(29)8-6-18/h2-8,13,15-16,23H,9-12,14,17H2,1H3,(H,33,37)(H,34,35)/t23-,27+/m0/s1. The molecule has 0 radical (unpaired) electrons. The highest BCUT2D eigenvalue weighted by molar-refractivity contribution is 5.88. The van der Waals surface area contributed by atoms with Gasteiger partial charge in [0.25, 0.3) is 11.5 Å².